The van der Waals surface area contributed by atoms with Crippen LogP contribution in [-0.2, 0) is 9.59 Å². The summed E-state index contributed by atoms with van der Waals surface area (Å²) in [5, 5.41) is 6.25. The number of aromatic nitrogens is 1. The van der Waals surface area contributed by atoms with Gasteiger partial charge in [-0.15, -0.1) is 0 Å². The van der Waals surface area contributed by atoms with Crippen LogP contribution < -0.4 is 5.32 Å². The Morgan fingerprint density at radius 1 is 1.37 bits per heavy atom. The van der Waals surface area contributed by atoms with Crippen LogP contribution in [0, 0.1) is 5.92 Å². The summed E-state index contributed by atoms with van der Waals surface area (Å²) in [7, 11) is 0. The van der Waals surface area contributed by atoms with Crippen molar-refractivity contribution >= 4 is 17.6 Å². The minimum Gasteiger partial charge on any atom is -0.363 e. The SMILES string of the molecule is O=C(CN(C(=O)C1CCC1)C1CC1)Nc1ccon1. The molecule has 1 aromatic heterocycles. The second-order valence-electron chi connectivity index (χ2n) is 5.26. The molecule has 2 amide bonds. The molecule has 1 aromatic rings. The van der Waals surface area contributed by atoms with Crippen LogP contribution in [-0.4, -0.2) is 34.5 Å². The normalized spacial score (nSPS) is 18.7. The summed E-state index contributed by atoms with van der Waals surface area (Å²) in [6, 6.07) is 1.84. The molecule has 0 aliphatic heterocycles. The maximum atomic E-state index is 12.3. The van der Waals surface area contributed by atoms with E-state index in [1.807, 2.05) is 0 Å². The first-order chi connectivity index (χ1) is 9.24. The van der Waals surface area contributed by atoms with Crippen LogP contribution in [0.3, 0.4) is 0 Å². The zero-order chi connectivity index (χ0) is 13.2. The summed E-state index contributed by atoms with van der Waals surface area (Å²) in [5.74, 6) is 0.454. The second-order valence-corrected chi connectivity index (χ2v) is 5.26. The molecule has 102 valence electrons. The molecule has 2 saturated carbocycles. The van der Waals surface area contributed by atoms with Crippen molar-refractivity contribution in [2.24, 2.45) is 5.92 Å². The van der Waals surface area contributed by atoms with Gasteiger partial charge in [0, 0.05) is 18.0 Å². The predicted octanol–water partition coefficient (Wildman–Crippen LogP) is 1.40. The summed E-state index contributed by atoms with van der Waals surface area (Å²) in [6.45, 7) is 0.118. The summed E-state index contributed by atoms with van der Waals surface area (Å²) < 4.78 is 4.65. The zero-order valence-electron chi connectivity index (χ0n) is 10.7. The maximum Gasteiger partial charge on any atom is 0.245 e. The van der Waals surface area contributed by atoms with Gasteiger partial charge in [0.05, 0.1) is 0 Å². The van der Waals surface area contributed by atoms with Crippen LogP contribution in [0.2, 0.25) is 0 Å². The molecular weight excluding hydrogens is 246 g/mol. The third kappa shape index (κ3) is 2.77. The lowest BCUT2D eigenvalue weighted by Crippen LogP contribution is -2.44. The molecule has 1 N–H and O–H groups in total. The van der Waals surface area contributed by atoms with Gasteiger partial charge in [0.2, 0.25) is 11.8 Å². The highest BCUT2D eigenvalue weighted by molar-refractivity contribution is 5.94. The molecule has 0 aromatic carbocycles. The minimum absolute atomic E-state index is 0.118. The lowest BCUT2D eigenvalue weighted by molar-refractivity contribution is -0.141. The van der Waals surface area contributed by atoms with Crippen molar-refractivity contribution in [3.8, 4) is 0 Å². The Labute approximate surface area is 111 Å². The molecule has 2 fully saturated rings. The molecule has 0 radical (unpaired) electrons. The van der Waals surface area contributed by atoms with E-state index in [-0.39, 0.29) is 30.3 Å². The van der Waals surface area contributed by atoms with Gasteiger partial charge in [-0.25, -0.2) is 0 Å². The molecule has 0 atom stereocenters. The van der Waals surface area contributed by atoms with Gasteiger partial charge in [-0.05, 0) is 25.7 Å². The number of carbonyl (C=O) groups excluding carboxylic acids is 2. The molecule has 0 unspecified atom stereocenters. The first kappa shape index (κ1) is 12.2. The molecule has 6 nitrogen and oxygen atoms in total. The lowest BCUT2D eigenvalue weighted by Gasteiger charge is -2.31. The Hall–Kier alpha value is -1.85. The molecule has 2 aliphatic rings. The number of nitrogens with zero attached hydrogens (tertiary/aromatic N) is 2. The molecule has 0 saturated heterocycles. The standard InChI is InChI=1S/C13H17N3O3/c17-12(14-11-6-7-19-15-11)8-16(10-4-5-10)13(18)9-2-1-3-9/h6-7,9-10H,1-5,8H2,(H,14,15,17). The average Bonchev–Trinajstić information content (AvgIpc) is 3.02. The van der Waals surface area contributed by atoms with Crippen molar-refractivity contribution in [2.75, 3.05) is 11.9 Å². The Balaban J connectivity index is 1.58. The van der Waals surface area contributed by atoms with E-state index in [1.165, 1.54) is 6.26 Å². The smallest absolute Gasteiger partial charge is 0.245 e. The van der Waals surface area contributed by atoms with E-state index < -0.39 is 0 Å². The van der Waals surface area contributed by atoms with Gasteiger partial charge in [-0.3, -0.25) is 9.59 Å². The fraction of sp³-hybridized carbons (Fsp3) is 0.615. The van der Waals surface area contributed by atoms with Crippen molar-refractivity contribution in [2.45, 2.75) is 38.1 Å². The number of rotatable bonds is 5. The highest BCUT2D eigenvalue weighted by Crippen LogP contribution is 2.33. The number of anilines is 1. The minimum atomic E-state index is -0.214. The zero-order valence-corrected chi connectivity index (χ0v) is 10.7. The largest absolute Gasteiger partial charge is 0.363 e. The molecule has 2 aliphatic carbocycles. The number of carbonyl (C=O) groups is 2. The van der Waals surface area contributed by atoms with E-state index in [4.69, 9.17) is 0 Å². The van der Waals surface area contributed by atoms with Gasteiger partial charge in [-0.1, -0.05) is 11.6 Å². The van der Waals surface area contributed by atoms with Gasteiger partial charge in [0.15, 0.2) is 5.82 Å². The maximum absolute atomic E-state index is 12.3. The monoisotopic (exact) mass is 263 g/mol. The van der Waals surface area contributed by atoms with E-state index in [9.17, 15) is 9.59 Å². The van der Waals surface area contributed by atoms with Crippen LogP contribution in [0.15, 0.2) is 16.9 Å². The first-order valence-corrected chi connectivity index (χ1v) is 6.75. The summed E-state index contributed by atoms with van der Waals surface area (Å²) in [5.41, 5.74) is 0. The van der Waals surface area contributed by atoms with Gasteiger partial charge in [-0.2, -0.15) is 0 Å². The van der Waals surface area contributed by atoms with Gasteiger partial charge in [0.25, 0.3) is 0 Å². The molecule has 0 spiro atoms. The number of hydrogen-bond donors (Lipinski definition) is 1. The van der Waals surface area contributed by atoms with E-state index in [0.29, 0.717) is 5.82 Å². The molecule has 1 heterocycles. The number of nitrogens with one attached hydrogen (secondary N) is 1. The Kier molecular flexibility index (Phi) is 3.23. The van der Waals surface area contributed by atoms with E-state index in [0.717, 1.165) is 32.1 Å². The molecule has 19 heavy (non-hydrogen) atoms. The van der Waals surface area contributed by atoms with Crippen molar-refractivity contribution < 1.29 is 14.1 Å². The predicted molar refractivity (Wildman–Crippen MR) is 67.2 cm³/mol. The van der Waals surface area contributed by atoms with Gasteiger partial charge in [0.1, 0.15) is 12.8 Å². The van der Waals surface area contributed by atoms with Crippen molar-refractivity contribution in [3.05, 3.63) is 12.3 Å². The Morgan fingerprint density at radius 3 is 2.68 bits per heavy atom. The van der Waals surface area contributed by atoms with E-state index in [2.05, 4.69) is 15.0 Å². The van der Waals surface area contributed by atoms with Crippen LogP contribution in [0.4, 0.5) is 5.82 Å². The molecular formula is C13H17N3O3. The average molecular weight is 263 g/mol. The topological polar surface area (TPSA) is 75.4 Å². The van der Waals surface area contributed by atoms with Crippen molar-refractivity contribution in [1.29, 1.82) is 0 Å². The summed E-state index contributed by atoms with van der Waals surface area (Å²) in [6.07, 6.45) is 6.47. The third-order valence-electron chi connectivity index (χ3n) is 3.74. The Morgan fingerprint density at radius 2 is 2.16 bits per heavy atom. The second kappa shape index (κ2) is 5.03. The highest BCUT2D eigenvalue weighted by atomic mass is 16.5. The summed E-state index contributed by atoms with van der Waals surface area (Å²) in [4.78, 5) is 25.9. The lowest BCUT2D eigenvalue weighted by atomic mass is 9.84. The molecule has 3 rings (SSSR count). The van der Waals surface area contributed by atoms with Crippen molar-refractivity contribution in [1.82, 2.24) is 10.1 Å². The van der Waals surface area contributed by atoms with Crippen LogP contribution in [0.25, 0.3) is 0 Å². The van der Waals surface area contributed by atoms with E-state index in [1.54, 1.807) is 11.0 Å². The molecule has 0 bridgehead atoms. The third-order valence-corrected chi connectivity index (χ3v) is 3.74. The first-order valence-electron chi connectivity index (χ1n) is 6.75. The Bertz CT molecular complexity index is 463. The fourth-order valence-corrected chi connectivity index (χ4v) is 2.28. The van der Waals surface area contributed by atoms with Crippen molar-refractivity contribution in [3.63, 3.8) is 0 Å². The molecule has 6 heteroatoms. The van der Waals surface area contributed by atoms with Crippen LogP contribution in [0.1, 0.15) is 32.1 Å². The fourth-order valence-electron chi connectivity index (χ4n) is 2.28. The van der Waals surface area contributed by atoms with Crippen LogP contribution >= 0.6 is 0 Å². The van der Waals surface area contributed by atoms with Crippen LogP contribution in [0.5, 0.6) is 0 Å². The van der Waals surface area contributed by atoms with Gasteiger partial charge < -0.3 is 14.7 Å². The number of amides is 2. The quantitative estimate of drug-likeness (QED) is 0.871. The number of hydrogen-bond acceptors (Lipinski definition) is 4. The highest BCUT2D eigenvalue weighted by Gasteiger charge is 2.38. The van der Waals surface area contributed by atoms with Gasteiger partial charge >= 0.3 is 0 Å². The summed E-state index contributed by atoms with van der Waals surface area (Å²) >= 11 is 0. The van der Waals surface area contributed by atoms with E-state index >= 15 is 0 Å².